The van der Waals surface area contributed by atoms with E-state index in [0.717, 1.165) is 12.2 Å². The monoisotopic (exact) mass is 276 g/mol. The van der Waals surface area contributed by atoms with Gasteiger partial charge in [0, 0.05) is 18.2 Å². The molecular formula is C16H24N2O2. The molecule has 20 heavy (non-hydrogen) atoms. The van der Waals surface area contributed by atoms with Crippen molar-refractivity contribution >= 4 is 5.91 Å². The van der Waals surface area contributed by atoms with Crippen LogP contribution in [0, 0.1) is 5.92 Å². The lowest BCUT2D eigenvalue weighted by molar-refractivity contribution is 0.0933. The molecule has 0 aromatic heterocycles. The SMILES string of the molecule is CCC(C)Oc1ccc(C(=O)NC(CN)C2CC2)cc1. The number of benzene rings is 1. The summed E-state index contributed by atoms with van der Waals surface area (Å²) in [7, 11) is 0. The lowest BCUT2D eigenvalue weighted by Gasteiger charge is -2.16. The number of carbonyl (C=O) groups is 1. The van der Waals surface area contributed by atoms with E-state index in [1.54, 1.807) is 12.1 Å². The molecular weight excluding hydrogens is 252 g/mol. The van der Waals surface area contributed by atoms with Crippen LogP contribution in [0.1, 0.15) is 43.5 Å². The Morgan fingerprint density at radius 3 is 2.55 bits per heavy atom. The minimum Gasteiger partial charge on any atom is -0.491 e. The third-order valence-electron chi connectivity index (χ3n) is 3.79. The van der Waals surface area contributed by atoms with E-state index < -0.39 is 0 Å². The topological polar surface area (TPSA) is 64.3 Å². The smallest absolute Gasteiger partial charge is 0.251 e. The van der Waals surface area contributed by atoms with Gasteiger partial charge in [0.05, 0.1) is 6.10 Å². The summed E-state index contributed by atoms with van der Waals surface area (Å²) in [5.74, 6) is 1.31. The number of ether oxygens (including phenoxy) is 1. The molecule has 3 N–H and O–H groups in total. The van der Waals surface area contributed by atoms with Gasteiger partial charge in [-0.2, -0.15) is 0 Å². The molecule has 2 unspecified atom stereocenters. The summed E-state index contributed by atoms with van der Waals surface area (Å²) in [4.78, 5) is 12.1. The third kappa shape index (κ3) is 3.97. The Bertz CT molecular complexity index is 440. The number of hydrogen-bond donors (Lipinski definition) is 2. The van der Waals surface area contributed by atoms with Gasteiger partial charge in [0.15, 0.2) is 0 Å². The van der Waals surface area contributed by atoms with Gasteiger partial charge in [-0.3, -0.25) is 4.79 Å². The molecule has 1 saturated carbocycles. The fourth-order valence-electron chi connectivity index (χ4n) is 2.12. The number of rotatable bonds is 7. The minimum absolute atomic E-state index is 0.0533. The summed E-state index contributed by atoms with van der Waals surface area (Å²) in [5.41, 5.74) is 6.35. The molecule has 4 nitrogen and oxygen atoms in total. The summed E-state index contributed by atoms with van der Waals surface area (Å²) in [6.45, 7) is 4.62. The Morgan fingerprint density at radius 2 is 2.05 bits per heavy atom. The molecule has 1 amide bonds. The molecule has 0 heterocycles. The Hall–Kier alpha value is -1.55. The van der Waals surface area contributed by atoms with Crippen molar-refractivity contribution in [3.05, 3.63) is 29.8 Å². The molecule has 0 radical (unpaired) electrons. The van der Waals surface area contributed by atoms with Crippen LogP contribution in [0.4, 0.5) is 0 Å². The van der Waals surface area contributed by atoms with Gasteiger partial charge >= 0.3 is 0 Å². The van der Waals surface area contributed by atoms with Gasteiger partial charge in [0.25, 0.3) is 5.91 Å². The van der Waals surface area contributed by atoms with Gasteiger partial charge < -0.3 is 15.8 Å². The van der Waals surface area contributed by atoms with Crippen LogP contribution in [0.2, 0.25) is 0 Å². The maximum atomic E-state index is 12.1. The first kappa shape index (κ1) is 14.9. The highest BCUT2D eigenvalue weighted by Gasteiger charge is 2.31. The molecule has 1 aromatic rings. The number of nitrogens with two attached hydrogens (primary N) is 1. The zero-order valence-electron chi connectivity index (χ0n) is 12.3. The van der Waals surface area contributed by atoms with Crippen LogP contribution >= 0.6 is 0 Å². The molecule has 2 atom stereocenters. The summed E-state index contributed by atoms with van der Waals surface area (Å²) < 4.78 is 5.70. The first-order chi connectivity index (χ1) is 9.63. The number of amides is 1. The zero-order chi connectivity index (χ0) is 14.5. The molecule has 1 fully saturated rings. The summed E-state index contributed by atoms with van der Waals surface area (Å²) >= 11 is 0. The van der Waals surface area contributed by atoms with Crippen LogP contribution < -0.4 is 15.8 Å². The number of carbonyl (C=O) groups excluding carboxylic acids is 1. The fourth-order valence-corrected chi connectivity index (χ4v) is 2.12. The van der Waals surface area contributed by atoms with E-state index >= 15 is 0 Å². The predicted molar refractivity (Wildman–Crippen MR) is 79.9 cm³/mol. The highest BCUT2D eigenvalue weighted by atomic mass is 16.5. The van der Waals surface area contributed by atoms with Gasteiger partial charge in [-0.05, 0) is 56.4 Å². The zero-order valence-corrected chi connectivity index (χ0v) is 12.3. The van der Waals surface area contributed by atoms with E-state index in [1.165, 1.54) is 12.8 Å². The lowest BCUT2D eigenvalue weighted by Crippen LogP contribution is -2.41. The third-order valence-corrected chi connectivity index (χ3v) is 3.79. The van der Waals surface area contributed by atoms with Crippen molar-refractivity contribution in [2.75, 3.05) is 6.54 Å². The van der Waals surface area contributed by atoms with E-state index in [2.05, 4.69) is 12.2 Å². The summed E-state index contributed by atoms with van der Waals surface area (Å²) in [6, 6.07) is 7.39. The quantitative estimate of drug-likeness (QED) is 0.803. The van der Waals surface area contributed by atoms with Crippen molar-refractivity contribution in [2.24, 2.45) is 11.7 Å². The maximum absolute atomic E-state index is 12.1. The van der Waals surface area contributed by atoms with Crippen LogP contribution in [0.15, 0.2) is 24.3 Å². The molecule has 0 bridgehead atoms. The van der Waals surface area contributed by atoms with Crippen molar-refractivity contribution in [1.82, 2.24) is 5.32 Å². The first-order valence-electron chi connectivity index (χ1n) is 7.41. The normalized spacial score (nSPS) is 17.4. The van der Waals surface area contributed by atoms with Crippen molar-refractivity contribution in [3.8, 4) is 5.75 Å². The largest absolute Gasteiger partial charge is 0.491 e. The van der Waals surface area contributed by atoms with E-state index in [0.29, 0.717) is 18.0 Å². The second-order valence-electron chi connectivity index (χ2n) is 5.51. The van der Waals surface area contributed by atoms with Crippen molar-refractivity contribution in [1.29, 1.82) is 0 Å². The Labute approximate surface area is 120 Å². The molecule has 2 rings (SSSR count). The van der Waals surface area contributed by atoms with E-state index in [1.807, 2.05) is 19.1 Å². The maximum Gasteiger partial charge on any atom is 0.251 e. The van der Waals surface area contributed by atoms with Crippen molar-refractivity contribution < 1.29 is 9.53 Å². The first-order valence-corrected chi connectivity index (χ1v) is 7.41. The number of nitrogens with one attached hydrogen (secondary N) is 1. The molecule has 1 aromatic carbocycles. The minimum atomic E-state index is -0.0533. The Kier molecular flexibility index (Phi) is 5.01. The van der Waals surface area contributed by atoms with Crippen molar-refractivity contribution in [2.45, 2.75) is 45.3 Å². The number of hydrogen-bond acceptors (Lipinski definition) is 3. The Balaban J connectivity index is 1.93. The molecule has 0 aliphatic heterocycles. The lowest BCUT2D eigenvalue weighted by atomic mass is 10.1. The highest BCUT2D eigenvalue weighted by molar-refractivity contribution is 5.94. The molecule has 1 aliphatic carbocycles. The summed E-state index contributed by atoms with van der Waals surface area (Å²) in [6.07, 6.45) is 3.49. The van der Waals surface area contributed by atoms with E-state index in [4.69, 9.17) is 10.5 Å². The van der Waals surface area contributed by atoms with Crippen LogP contribution in [0.3, 0.4) is 0 Å². The van der Waals surface area contributed by atoms with Crippen LogP contribution in [-0.4, -0.2) is 24.6 Å². The van der Waals surface area contributed by atoms with E-state index in [9.17, 15) is 4.79 Å². The van der Waals surface area contributed by atoms with Gasteiger partial charge in [-0.1, -0.05) is 6.92 Å². The van der Waals surface area contributed by atoms with Gasteiger partial charge in [0.1, 0.15) is 5.75 Å². The highest BCUT2D eigenvalue weighted by Crippen LogP contribution is 2.32. The predicted octanol–water partition coefficient (Wildman–Crippen LogP) is 2.33. The molecule has 0 saturated heterocycles. The second kappa shape index (κ2) is 6.75. The average Bonchev–Trinajstić information content (AvgIpc) is 3.29. The molecule has 0 spiro atoms. The Morgan fingerprint density at radius 1 is 1.40 bits per heavy atom. The van der Waals surface area contributed by atoms with Crippen LogP contribution in [0.5, 0.6) is 5.75 Å². The molecule has 1 aliphatic rings. The summed E-state index contributed by atoms with van der Waals surface area (Å²) in [5, 5.41) is 3.01. The molecule has 4 heteroatoms. The fraction of sp³-hybridized carbons (Fsp3) is 0.562. The van der Waals surface area contributed by atoms with Gasteiger partial charge in [-0.15, -0.1) is 0 Å². The van der Waals surface area contributed by atoms with E-state index in [-0.39, 0.29) is 18.1 Å². The van der Waals surface area contributed by atoms with Crippen molar-refractivity contribution in [3.63, 3.8) is 0 Å². The van der Waals surface area contributed by atoms with Gasteiger partial charge in [0.2, 0.25) is 0 Å². The second-order valence-corrected chi connectivity index (χ2v) is 5.51. The van der Waals surface area contributed by atoms with Gasteiger partial charge in [-0.25, -0.2) is 0 Å². The standard InChI is InChI=1S/C16H24N2O2/c1-3-11(2)20-14-8-6-13(7-9-14)16(19)18-15(10-17)12-4-5-12/h6-9,11-12,15H,3-5,10,17H2,1-2H3,(H,18,19). The molecule has 110 valence electrons. The average molecular weight is 276 g/mol. The van der Waals surface area contributed by atoms with Crippen LogP contribution in [0.25, 0.3) is 0 Å². The van der Waals surface area contributed by atoms with Crippen LogP contribution in [-0.2, 0) is 0 Å².